The van der Waals surface area contributed by atoms with Gasteiger partial charge in [-0.25, -0.2) is 14.0 Å². The number of hydrogen-bond acceptors (Lipinski definition) is 3. The van der Waals surface area contributed by atoms with Gasteiger partial charge in [0.15, 0.2) is 5.54 Å². The van der Waals surface area contributed by atoms with E-state index in [0.29, 0.717) is 0 Å². The van der Waals surface area contributed by atoms with Gasteiger partial charge in [0.2, 0.25) is 0 Å². The molecule has 1 fully saturated rings. The van der Waals surface area contributed by atoms with Gasteiger partial charge in [-0.2, -0.15) is 0 Å². The quantitative estimate of drug-likeness (QED) is 0.795. The number of hydrogen-bond donors (Lipinski definition) is 3. The van der Waals surface area contributed by atoms with Crippen LogP contribution >= 0.6 is 11.6 Å². The van der Waals surface area contributed by atoms with Gasteiger partial charge in [0.05, 0.1) is 17.3 Å². The summed E-state index contributed by atoms with van der Waals surface area (Å²) in [6.07, 6.45) is 0.140. The molecule has 0 bridgehead atoms. The second-order valence-electron chi connectivity index (χ2n) is 4.37. The second kappa shape index (κ2) is 5.64. The number of benzene rings is 1. The maximum atomic E-state index is 13.5. The molecule has 1 aliphatic heterocycles. The third-order valence-corrected chi connectivity index (χ3v) is 3.30. The Kier molecular flexibility index (Phi) is 4.10. The first-order valence-electron chi connectivity index (χ1n) is 5.79. The number of carbonyl (C=O) groups is 2. The molecule has 1 aliphatic rings. The minimum atomic E-state index is -1.50. The average molecular weight is 303 g/mol. The Balaban J connectivity index is 2.11. The third kappa shape index (κ3) is 2.83. The highest BCUT2D eigenvalue weighted by Gasteiger charge is 2.44. The molecular weight excluding hydrogens is 291 g/mol. The van der Waals surface area contributed by atoms with E-state index in [2.05, 4.69) is 10.6 Å². The first-order valence-corrected chi connectivity index (χ1v) is 6.17. The number of carboxylic acids is 1. The summed E-state index contributed by atoms with van der Waals surface area (Å²) >= 11 is 5.76. The summed E-state index contributed by atoms with van der Waals surface area (Å²) in [5.41, 5.74) is -1.70. The molecule has 108 valence electrons. The third-order valence-electron chi connectivity index (χ3n) is 2.99. The molecule has 6 nitrogen and oxygen atoms in total. The van der Waals surface area contributed by atoms with Crippen LogP contribution in [0.2, 0.25) is 5.02 Å². The Bertz CT molecular complexity index is 526. The Morgan fingerprint density at radius 2 is 2.20 bits per heavy atom. The summed E-state index contributed by atoms with van der Waals surface area (Å²) in [5.74, 6) is -1.91. The van der Waals surface area contributed by atoms with Gasteiger partial charge >= 0.3 is 12.0 Å². The Hall–Kier alpha value is -1.86. The molecule has 2 amide bonds. The van der Waals surface area contributed by atoms with E-state index >= 15 is 0 Å². The number of anilines is 1. The van der Waals surface area contributed by atoms with E-state index in [9.17, 15) is 14.0 Å². The van der Waals surface area contributed by atoms with Gasteiger partial charge in [0.25, 0.3) is 0 Å². The Labute approximate surface area is 118 Å². The molecule has 0 spiro atoms. The lowest BCUT2D eigenvalue weighted by Gasteiger charge is -2.24. The summed E-state index contributed by atoms with van der Waals surface area (Å²) < 4.78 is 18.5. The van der Waals surface area contributed by atoms with Crippen molar-refractivity contribution in [1.29, 1.82) is 0 Å². The van der Waals surface area contributed by atoms with Gasteiger partial charge in [0.1, 0.15) is 5.82 Å². The molecule has 1 atom stereocenters. The summed E-state index contributed by atoms with van der Waals surface area (Å²) in [6.45, 7) is 0.0911. The van der Waals surface area contributed by atoms with E-state index in [1.807, 2.05) is 0 Å². The van der Waals surface area contributed by atoms with Crippen LogP contribution in [0.3, 0.4) is 0 Å². The van der Waals surface area contributed by atoms with Crippen molar-refractivity contribution in [3.05, 3.63) is 29.0 Å². The average Bonchev–Trinajstić information content (AvgIpc) is 2.84. The van der Waals surface area contributed by atoms with Gasteiger partial charge in [0, 0.05) is 13.0 Å². The van der Waals surface area contributed by atoms with Crippen LogP contribution in [0.5, 0.6) is 0 Å². The van der Waals surface area contributed by atoms with Crippen LogP contribution in [-0.4, -0.2) is 35.9 Å². The van der Waals surface area contributed by atoms with Crippen LogP contribution in [-0.2, 0) is 9.53 Å². The molecular formula is C12H12ClFN2O4. The van der Waals surface area contributed by atoms with E-state index in [1.165, 1.54) is 12.1 Å². The first kappa shape index (κ1) is 14.5. The molecule has 1 aromatic rings. The lowest BCUT2D eigenvalue weighted by molar-refractivity contribution is -0.144. The van der Waals surface area contributed by atoms with Crippen molar-refractivity contribution in [2.45, 2.75) is 12.0 Å². The summed E-state index contributed by atoms with van der Waals surface area (Å²) in [7, 11) is 0. The predicted octanol–water partition coefficient (Wildman–Crippen LogP) is 1.84. The van der Waals surface area contributed by atoms with Crippen molar-refractivity contribution >= 4 is 29.3 Å². The van der Waals surface area contributed by atoms with Crippen LogP contribution in [0.4, 0.5) is 14.9 Å². The highest BCUT2D eigenvalue weighted by molar-refractivity contribution is 6.33. The maximum absolute atomic E-state index is 13.5. The van der Waals surface area contributed by atoms with E-state index in [4.69, 9.17) is 21.4 Å². The van der Waals surface area contributed by atoms with E-state index in [0.717, 1.165) is 6.07 Å². The first-order chi connectivity index (χ1) is 9.44. The van der Waals surface area contributed by atoms with Crippen LogP contribution in [0, 0.1) is 5.82 Å². The number of carboxylic acid groups (broad SMARTS) is 1. The fourth-order valence-electron chi connectivity index (χ4n) is 1.87. The highest BCUT2D eigenvalue weighted by Crippen LogP contribution is 2.25. The standard InChI is InChI=1S/C12H12ClFN2O4/c13-7-2-1-3-8(14)9(7)15-11(19)16-12(10(17)18)4-5-20-6-12/h1-3H,4-6H2,(H,17,18)(H2,15,16,19). The molecule has 1 saturated heterocycles. The van der Waals surface area contributed by atoms with Crippen molar-refractivity contribution in [1.82, 2.24) is 5.32 Å². The van der Waals surface area contributed by atoms with Crippen LogP contribution < -0.4 is 10.6 Å². The number of rotatable bonds is 3. The van der Waals surface area contributed by atoms with Crippen molar-refractivity contribution < 1.29 is 23.8 Å². The monoisotopic (exact) mass is 302 g/mol. The zero-order chi connectivity index (χ0) is 14.8. The number of urea groups is 1. The van der Waals surface area contributed by atoms with Crippen LogP contribution in [0.25, 0.3) is 0 Å². The minimum Gasteiger partial charge on any atom is -0.479 e. The van der Waals surface area contributed by atoms with E-state index in [1.54, 1.807) is 0 Å². The van der Waals surface area contributed by atoms with Crippen molar-refractivity contribution in [3.63, 3.8) is 0 Å². The van der Waals surface area contributed by atoms with Crippen molar-refractivity contribution in [2.24, 2.45) is 0 Å². The molecule has 0 radical (unpaired) electrons. The summed E-state index contributed by atoms with van der Waals surface area (Å²) in [5, 5.41) is 13.7. The zero-order valence-electron chi connectivity index (χ0n) is 10.3. The number of ether oxygens (including phenoxy) is 1. The molecule has 1 unspecified atom stereocenters. The summed E-state index contributed by atoms with van der Waals surface area (Å²) in [4.78, 5) is 23.0. The minimum absolute atomic E-state index is 0.0206. The highest BCUT2D eigenvalue weighted by atomic mass is 35.5. The lowest BCUT2D eigenvalue weighted by Crippen LogP contribution is -2.56. The number of amides is 2. The summed E-state index contributed by atoms with van der Waals surface area (Å²) in [6, 6.07) is 3.08. The number of carbonyl (C=O) groups excluding carboxylic acids is 1. The van der Waals surface area contributed by atoms with E-state index in [-0.39, 0.29) is 30.3 Å². The molecule has 1 aromatic carbocycles. The van der Waals surface area contributed by atoms with Crippen LogP contribution in [0.1, 0.15) is 6.42 Å². The van der Waals surface area contributed by atoms with Crippen molar-refractivity contribution in [3.8, 4) is 0 Å². The predicted molar refractivity (Wildman–Crippen MR) is 69.4 cm³/mol. The SMILES string of the molecule is O=C(Nc1c(F)cccc1Cl)NC1(C(=O)O)CCOC1. The number of aliphatic carboxylic acids is 1. The van der Waals surface area contributed by atoms with Gasteiger partial charge in [-0.15, -0.1) is 0 Å². The molecule has 0 aliphatic carbocycles. The topological polar surface area (TPSA) is 87.7 Å². The zero-order valence-corrected chi connectivity index (χ0v) is 11.0. The van der Waals surface area contributed by atoms with Crippen LogP contribution in [0.15, 0.2) is 18.2 Å². The fourth-order valence-corrected chi connectivity index (χ4v) is 2.08. The number of nitrogens with one attached hydrogen (secondary N) is 2. The molecule has 8 heteroatoms. The van der Waals surface area contributed by atoms with Gasteiger partial charge in [-0.1, -0.05) is 17.7 Å². The van der Waals surface area contributed by atoms with Crippen molar-refractivity contribution in [2.75, 3.05) is 18.5 Å². The van der Waals surface area contributed by atoms with Gasteiger partial charge in [-0.3, -0.25) is 0 Å². The van der Waals surface area contributed by atoms with E-state index < -0.39 is 23.4 Å². The number of para-hydroxylation sites is 1. The molecule has 0 aromatic heterocycles. The molecule has 0 saturated carbocycles. The lowest BCUT2D eigenvalue weighted by atomic mass is 9.99. The molecule has 3 N–H and O–H groups in total. The van der Waals surface area contributed by atoms with Gasteiger partial charge < -0.3 is 20.5 Å². The maximum Gasteiger partial charge on any atom is 0.332 e. The second-order valence-corrected chi connectivity index (χ2v) is 4.77. The normalized spacial score (nSPS) is 21.5. The van der Waals surface area contributed by atoms with Gasteiger partial charge in [-0.05, 0) is 12.1 Å². The molecule has 1 heterocycles. The largest absolute Gasteiger partial charge is 0.479 e. The number of halogens is 2. The molecule has 2 rings (SSSR count). The Morgan fingerprint density at radius 1 is 1.45 bits per heavy atom. The fraction of sp³-hybridized carbons (Fsp3) is 0.333. The molecule has 20 heavy (non-hydrogen) atoms. The smallest absolute Gasteiger partial charge is 0.332 e. The Morgan fingerprint density at radius 3 is 2.75 bits per heavy atom.